The topological polar surface area (TPSA) is 109 Å². The van der Waals surface area contributed by atoms with Gasteiger partial charge in [0.2, 0.25) is 0 Å². The summed E-state index contributed by atoms with van der Waals surface area (Å²) >= 11 is 0. The van der Waals surface area contributed by atoms with Gasteiger partial charge < -0.3 is 20.9 Å². The molecule has 3 aromatic heterocycles. The molecule has 0 saturated carbocycles. The fraction of sp³-hybridized carbons (Fsp3) is 0.292. The Morgan fingerprint density at radius 3 is 2.35 bits per heavy atom. The molecule has 0 fully saturated rings. The van der Waals surface area contributed by atoms with Crippen LogP contribution < -0.4 is 20.9 Å². The van der Waals surface area contributed by atoms with Gasteiger partial charge in [-0.2, -0.15) is 0 Å². The number of hydrogen-bond donors (Lipinski definition) is 2. The zero-order valence-electron chi connectivity index (χ0n) is 18.3. The molecule has 0 unspecified atom stereocenters. The van der Waals surface area contributed by atoms with Crippen LogP contribution in [0.3, 0.4) is 0 Å². The number of benzene rings is 1. The largest absolute Gasteiger partial charge is 0.493 e. The summed E-state index contributed by atoms with van der Waals surface area (Å²) in [6.07, 6.45) is 7.13. The highest BCUT2D eigenvalue weighted by Crippen LogP contribution is 2.37. The molecule has 4 N–H and O–H groups in total. The molecule has 0 amide bonds. The highest BCUT2D eigenvalue weighted by atomic mass is 16.5. The highest BCUT2D eigenvalue weighted by molar-refractivity contribution is 6.10. The first-order chi connectivity index (χ1) is 14.8. The molecule has 0 bridgehead atoms. The molecular formula is C24H27N5O2. The molecule has 0 aliphatic carbocycles. The number of hydrogen-bond acceptors (Lipinski definition) is 7. The summed E-state index contributed by atoms with van der Waals surface area (Å²) in [4.78, 5) is 13.6. The molecule has 4 rings (SSSR count). The first-order valence-electron chi connectivity index (χ1n) is 10.1. The molecule has 0 atom stereocenters. The summed E-state index contributed by atoms with van der Waals surface area (Å²) in [5.41, 5.74) is 15.8. The lowest BCUT2D eigenvalue weighted by atomic mass is 9.96. The maximum absolute atomic E-state index is 6.32. The van der Waals surface area contributed by atoms with Crippen molar-refractivity contribution in [1.29, 1.82) is 0 Å². The van der Waals surface area contributed by atoms with Gasteiger partial charge in [0.1, 0.15) is 5.82 Å². The van der Waals surface area contributed by atoms with Crippen molar-refractivity contribution in [3.63, 3.8) is 0 Å². The van der Waals surface area contributed by atoms with Crippen molar-refractivity contribution in [3.8, 4) is 22.8 Å². The molecule has 7 heteroatoms. The summed E-state index contributed by atoms with van der Waals surface area (Å²) in [6.45, 7) is 4.05. The van der Waals surface area contributed by atoms with E-state index in [9.17, 15) is 0 Å². The van der Waals surface area contributed by atoms with Gasteiger partial charge in [-0.3, -0.25) is 9.97 Å². The van der Waals surface area contributed by atoms with Crippen molar-refractivity contribution in [3.05, 3.63) is 48.4 Å². The molecular weight excluding hydrogens is 390 g/mol. The number of methoxy groups -OCH3 is 2. The van der Waals surface area contributed by atoms with Crippen LogP contribution in [0.5, 0.6) is 11.5 Å². The number of pyridine rings is 3. The van der Waals surface area contributed by atoms with E-state index in [-0.39, 0.29) is 5.54 Å². The Balaban J connectivity index is 1.85. The molecule has 3 heterocycles. The summed E-state index contributed by atoms with van der Waals surface area (Å²) in [6, 6.07) is 7.90. The molecule has 0 radical (unpaired) electrons. The quantitative estimate of drug-likeness (QED) is 0.454. The van der Waals surface area contributed by atoms with E-state index in [2.05, 4.69) is 21.0 Å². The van der Waals surface area contributed by atoms with E-state index in [4.69, 9.17) is 20.9 Å². The van der Waals surface area contributed by atoms with Crippen LogP contribution in [-0.2, 0) is 6.42 Å². The van der Waals surface area contributed by atoms with E-state index in [1.807, 2.05) is 38.2 Å². The fourth-order valence-electron chi connectivity index (χ4n) is 3.64. The second-order valence-corrected chi connectivity index (χ2v) is 8.41. The van der Waals surface area contributed by atoms with E-state index in [0.29, 0.717) is 17.3 Å². The minimum atomic E-state index is -0.229. The number of anilines is 1. The highest BCUT2D eigenvalue weighted by Gasteiger charge is 2.15. The number of nitrogen functional groups attached to an aromatic ring is 1. The van der Waals surface area contributed by atoms with Crippen LogP contribution in [0, 0.1) is 0 Å². The number of rotatable bonds is 6. The third kappa shape index (κ3) is 4.22. The van der Waals surface area contributed by atoms with Gasteiger partial charge in [0.05, 0.1) is 25.4 Å². The van der Waals surface area contributed by atoms with Gasteiger partial charge in [-0.05, 0) is 55.8 Å². The van der Waals surface area contributed by atoms with E-state index in [1.54, 1.807) is 26.6 Å². The second-order valence-electron chi connectivity index (χ2n) is 8.41. The SMILES string of the molecule is COc1cc2ncc3c(N)nc(-c4cncc(CCC(C)(C)N)c4)cc3c2cc1OC. The Labute approximate surface area is 181 Å². The number of nitrogens with two attached hydrogens (primary N) is 2. The average molecular weight is 418 g/mol. The summed E-state index contributed by atoms with van der Waals surface area (Å²) in [5, 5.41) is 2.65. The summed E-state index contributed by atoms with van der Waals surface area (Å²) < 4.78 is 10.9. The minimum Gasteiger partial charge on any atom is -0.493 e. The monoisotopic (exact) mass is 417 g/mol. The van der Waals surface area contributed by atoms with Gasteiger partial charge in [-0.15, -0.1) is 0 Å². The molecule has 0 aliphatic rings. The van der Waals surface area contributed by atoms with Crippen LogP contribution in [0.1, 0.15) is 25.8 Å². The van der Waals surface area contributed by atoms with E-state index in [1.165, 1.54) is 0 Å². The summed E-state index contributed by atoms with van der Waals surface area (Å²) in [7, 11) is 3.22. The van der Waals surface area contributed by atoms with Crippen molar-refractivity contribution < 1.29 is 9.47 Å². The van der Waals surface area contributed by atoms with Gasteiger partial charge in [-0.1, -0.05) is 0 Å². The molecule has 31 heavy (non-hydrogen) atoms. The van der Waals surface area contributed by atoms with Crippen LogP contribution in [0.4, 0.5) is 5.82 Å². The lowest BCUT2D eigenvalue weighted by Crippen LogP contribution is -2.32. The molecule has 160 valence electrons. The number of aryl methyl sites for hydroxylation is 1. The maximum Gasteiger partial charge on any atom is 0.162 e. The lowest BCUT2D eigenvalue weighted by Gasteiger charge is -2.18. The van der Waals surface area contributed by atoms with E-state index >= 15 is 0 Å². The standard InChI is InChI=1S/C24H27N5O2/c1-24(2,26)6-5-14-7-15(12-27-11-14)19-8-16-17-9-21(30-3)22(31-4)10-20(17)28-13-18(16)23(25)29-19/h7-13H,5-6,26H2,1-4H3,(H2,25,29). The molecule has 0 saturated heterocycles. The Morgan fingerprint density at radius 1 is 0.903 bits per heavy atom. The van der Waals surface area contributed by atoms with Gasteiger partial charge >= 0.3 is 0 Å². The van der Waals surface area contributed by atoms with E-state index < -0.39 is 0 Å². The molecule has 0 aliphatic heterocycles. The van der Waals surface area contributed by atoms with Crippen molar-refractivity contribution in [2.75, 3.05) is 20.0 Å². The van der Waals surface area contributed by atoms with Gasteiger partial charge in [0, 0.05) is 46.5 Å². The fourth-order valence-corrected chi connectivity index (χ4v) is 3.64. The van der Waals surface area contributed by atoms with Crippen LogP contribution in [0.2, 0.25) is 0 Å². The number of nitrogens with zero attached hydrogens (tertiary/aromatic N) is 3. The van der Waals surface area contributed by atoms with E-state index in [0.717, 1.165) is 51.3 Å². The van der Waals surface area contributed by atoms with Crippen molar-refractivity contribution in [2.24, 2.45) is 5.73 Å². The number of ether oxygens (including phenoxy) is 2. The van der Waals surface area contributed by atoms with Crippen molar-refractivity contribution in [1.82, 2.24) is 15.0 Å². The molecule has 4 aromatic rings. The normalized spacial score (nSPS) is 11.8. The Bertz CT molecular complexity index is 1260. The first-order valence-corrected chi connectivity index (χ1v) is 10.1. The predicted molar refractivity (Wildman–Crippen MR) is 124 cm³/mol. The average Bonchev–Trinajstić information content (AvgIpc) is 2.76. The Morgan fingerprint density at radius 2 is 1.65 bits per heavy atom. The zero-order chi connectivity index (χ0) is 22.2. The van der Waals surface area contributed by atoms with Crippen LogP contribution >= 0.6 is 0 Å². The Kier molecular flexibility index (Phi) is 5.37. The van der Waals surface area contributed by atoms with Gasteiger partial charge in [-0.25, -0.2) is 4.98 Å². The molecule has 7 nitrogen and oxygen atoms in total. The number of fused-ring (bicyclic) bond motifs is 3. The smallest absolute Gasteiger partial charge is 0.162 e. The third-order valence-corrected chi connectivity index (χ3v) is 5.36. The number of aromatic nitrogens is 3. The Hall–Kier alpha value is -3.45. The molecule has 0 spiro atoms. The minimum absolute atomic E-state index is 0.229. The van der Waals surface area contributed by atoms with Crippen LogP contribution in [0.15, 0.2) is 42.9 Å². The molecule has 1 aromatic carbocycles. The van der Waals surface area contributed by atoms with Gasteiger partial charge in [0.25, 0.3) is 0 Å². The predicted octanol–water partition coefficient (Wildman–Crippen LogP) is 4.11. The lowest BCUT2D eigenvalue weighted by molar-refractivity contribution is 0.356. The second kappa shape index (κ2) is 8.00. The van der Waals surface area contributed by atoms with Crippen LogP contribution in [-0.4, -0.2) is 34.7 Å². The van der Waals surface area contributed by atoms with Crippen molar-refractivity contribution >= 4 is 27.5 Å². The van der Waals surface area contributed by atoms with Gasteiger partial charge in [0.15, 0.2) is 11.5 Å². The third-order valence-electron chi connectivity index (χ3n) is 5.36. The zero-order valence-corrected chi connectivity index (χ0v) is 18.3. The summed E-state index contributed by atoms with van der Waals surface area (Å²) in [5.74, 6) is 1.68. The maximum atomic E-state index is 6.32. The van der Waals surface area contributed by atoms with Crippen LogP contribution in [0.25, 0.3) is 32.9 Å². The van der Waals surface area contributed by atoms with Crippen molar-refractivity contribution in [2.45, 2.75) is 32.2 Å². The first kappa shape index (κ1) is 20.8.